The van der Waals surface area contributed by atoms with E-state index in [1.54, 1.807) is 0 Å². The van der Waals surface area contributed by atoms with E-state index < -0.39 is 105 Å². The molecule has 2 N–H and O–H groups in total. The van der Waals surface area contributed by atoms with Crippen LogP contribution >= 0.6 is 0 Å². The number of hydrogen-bond donors (Lipinski definition) is 2. The summed E-state index contributed by atoms with van der Waals surface area (Å²) in [6.45, 7) is 5.24. The molecule has 0 heterocycles. The minimum Gasteiger partial charge on any atom is -0.369 e. The fourth-order valence-corrected chi connectivity index (χ4v) is 4.21. The molecule has 21 heteroatoms. The van der Waals surface area contributed by atoms with E-state index in [9.17, 15) is 88.5 Å². The summed E-state index contributed by atoms with van der Waals surface area (Å²) < 4.78 is 247. The van der Waals surface area contributed by atoms with Crippen LogP contribution in [0.15, 0.2) is 18.2 Å². The van der Waals surface area contributed by atoms with Gasteiger partial charge in [0, 0.05) is 11.1 Å². The number of benzene rings is 2. The molecule has 0 saturated carbocycles. The molecule has 0 radical (unpaired) electrons. The van der Waals surface area contributed by atoms with Crippen LogP contribution in [0.4, 0.5) is 83.4 Å². The van der Waals surface area contributed by atoms with E-state index in [4.69, 9.17) is 5.11 Å². The largest absolute Gasteiger partial charge is 0.430 e. The summed E-state index contributed by atoms with van der Waals surface area (Å²) >= 11 is 0. The van der Waals surface area contributed by atoms with E-state index in [1.807, 2.05) is 0 Å². The van der Waals surface area contributed by atoms with Gasteiger partial charge in [-0.15, -0.1) is 0 Å². The number of halogens is 19. The predicted molar refractivity (Wildman–Crippen MR) is 127 cm³/mol. The Kier molecular flexibility index (Phi) is 12.3. The Balaban J connectivity index is 0.000000480. The first-order valence-electron chi connectivity index (χ1n) is 13.0. The molecule has 2 nitrogen and oxygen atoms in total. The van der Waals surface area contributed by atoms with Crippen molar-refractivity contribution in [2.75, 3.05) is 0 Å². The molecule has 2 atom stereocenters. The van der Waals surface area contributed by atoms with E-state index in [0.717, 1.165) is 6.92 Å². The Labute approximate surface area is 258 Å². The number of alkyl halides is 15. The minimum absolute atomic E-state index is 0.116. The summed E-state index contributed by atoms with van der Waals surface area (Å²) in [6, 6.07) is 0.467. The quantitative estimate of drug-likeness (QED) is 0.229. The first-order chi connectivity index (χ1) is 21.2. The van der Waals surface area contributed by atoms with Gasteiger partial charge in [-0.2, -0.15) is 65.9 Å². The molecule has 0 amide bonds. The standard InChI is InChI=1S/C14H13F9O.C13H10F10O/c1-3-7(2)9-5-4-8(6-10(9)12(15,16)17)11(24,13(18,19)20)14(21,22)23;1-3-4(2)5-7(14)9(16)6(10(17)8(5)15)11(24,12(18,19)20)13(21,22)23/h4-7,24H,3H2,1-2H3;4,24H,3H2,1-2H3. The van der Waals surface area contributed by atoms with Gasteiger partial charge >= 0.3 is 30.9 Å². The average Bonchev–Trinajstić information content (AvgIpc) is 2.92. The van der Waals surface area contributed by atoms with Crippen molar-refractivity contribution in [2.45, 2.75) is 94.5 Å². The van der Waals surface area contributed by atoms with Gasteiger partial charge < -0.3 is 10.2 Å². The molecule has 0 aliphatic rings. The third-order valence-corrected chi connectivity index (χ3v) is 7.33. The highest BCUT2D eigenvalue weighted by Crippen LogP contribution is 2.53. The predicted octanol–water partition coefficient (Wildman–Crippen LogP) is 10.6. The smallest absolute Gasteiger partial charge is 0.369 e. The normalized spacial score (nSPS) is 15.2. The van der Waals surface area contributed by atoms with Gasteiger partial charge in [-0.3, -0.25) is 0 Å². The molecule has 0 fully saturated rings. The molecule has 2 unspecified atom stereocenters. The van der Waals surface area contributed by atoms with Gasteiger partial charge in [0.2, 0.25) is 0 Å². The second-order valence-corrected chi connectivity index (χ2v) is 10.4. The topological polar surface area (TPSA) is 40.5 Å². The lowest BCUT2D eigenvalue weighted by atomic mass is 9.86. The lowest BCUT2D eigenvalue weighted by Crippen LogP contribution is -2.55. The second kappa shape index (κ2) is 13.7. The van der Waals surface area contributed by atoms with Crippen LogP contribution in [-0.4, -0.2) is 34.9 Å². The van der Waals surface area contributed by atoms with Gasteiger partial charge in [0.05, 0.1) is 11.1 Å². The zero-order chi connectivity index (χ0) is 38.4. The zero-order valence-corrected chi connectivity index (χ0v) is 24.4. The zero-order valence-electron chi connectivity index (χ0n) is 24.4. The van der Waals surface area contributed by atoms with Crippen LogP contribution < -0.4 is 0 Å². The Morgan fingerprint density at radius 1 is 0.542 bits per heavy atom. The Morgan fingerprint density at radius 2 is 0.896 bits per heavy atom. The van der Waals surface area contributed by atoms with Crippen LogP contribution in [0.2, 0.25) is 0 Å². The fraction of sp³-hybridized carbons (Fsp3) is 0.556. The van der Waals surface area contributed by atoms with Crippen LogP contribution in [0.1, 0.15) is 80.2 Å². The Morgan fingerprint density at radius 3 is 1.19 bits per heavy atom. The Bertz CT molecular complexity index is 1370. The van der Waals surface area contributed by atoms with Gasteiger partial charge in [-0.25, -0.2) is 17.6 Å². The summed E-state index contributed by atoms with van der Waals surface area (Å²) in [6.07, 6.45) is -31.0. The first kappa shape index (κ1) is 43.1. The van der Waals surface area contributed by atoms with Crippen molar-refractivity contribution < 1.29 is 93.6 Å². The minimum atomic E-state index is -6.69. The van der Waals surface area contributed by atoms with Crippen LogP contribution in [0.5, 0.6) is 0 Å². The molecule has 0 saturated heterocycles. The fourth-order valence-electron chi connectivity index (χ4n) is 4.21. The molecule has 2 aromatic carbocycles. The maximum Gasteiger partial charge on any atom is 0.430 e. The van der Waals surface area contributed by atoms with Crippen LogP contribution in [-0.2, 0) is 17.4 Å². The number of rotatable bonds is 6. The van der Waals surface area contributed by atoms with Crippen LogP contribution in [0.25, 0.3) is 0 Å². The highest BCUT2D eigenvalue weighted by atomic mass is 19.4. The summed E-state index contributed by atoms with van der Waals surface area (Å²) in [4.78, 5) is 0. The monoisotopic (exact) mass is 740 g/mol. The van der Waals surface area contributed by atoms with Crippen molar-refractivity contribution in [1.82, 2.24) is 0 Å². The average molecular weight is 740 g/mol. The molecule has 2 rings (SSSR count). The first-order valence-corrected chi connectivity index (χ1v) is 13.0. The highest BCUT2D eigenvalue weighted by Gasteiger charge is 2.74. The van der Waals surface area contributed by atoms with Gasteiger partial charge in [-0.1, -0.05) is 39.8 Å². The highest BCUT2D eigenvalue weighted by molar-refractivity contribution is 5.40. The van der Waals surface area contributed by atoms with Crippen molar-refractivity contribution in [3.8, 4) is 0 Å². The molecular weight excluding hydrogens is 717 g/mol. The summed E-state index contributed by atoms with van der Waals surface area (Å²) in [5, 5.41) is 18.2. The number of aliphatic hydroxyl groups is 2. The maximum absolute atomic E-state index is 13.8. The molecule has 0 aliphatic carbocycles. The molecule has 0 bridgehead atoms. The van der Waals surface area contributed by atoms with Gasteiger partial charge in [0.15, 0.2) is 23.3 Å². The third kappa shape index (κ3) is 7.60. The molecular formula is C27H23F19O2. The third-order valence-electron chi connectivity index (χ3n) is 7.33. The molecule has 0 spiro atoms. The Hall–Kier alpha value is -2.97. The van der Waals surface area contributed by atoms with Crippen molar-refractivity contribution in [2.24, 2.45) is 0 Å². The van der Waals surface area contributed by atoms with Crippen LogP contribution in [0, 0.1) is 23.3 Å². The van der Waals surface area contributed by atoms with E-state index in [0.29, 0.717) is 6.07 Å². The molecule has 48 heavy (non-hydrogen) atoms. The van der Waals surface area contributed by atoms with E-state index >= 15 is 0 Å². The maximum atomic E-state index is 13.8. The molecule has 276 valence electrons. The van der Waals surface area contributed by atoms with E-state index in [-0.39, 0.29) is 25.0 Å². The van der Waals surface area contributed by atoms with E-state index in [1.165, 1.54) is 20.8 Å². The second-order valence-electron chi connectivity index (χ2n) is 10.4. The molecule has 0 aromatic heterocycles. The summed E-state index contributed by atoms with van der Waals surface area (Å²) in [7, 11) is 0. The van der Waals surface area contributed by atoms with Gasteiger partial charge in [-0.05, 0) is 36.3 Å². The van der Waals surface area contributed by atoms with Crippen molar-refractivity contribution in [3.63, 3.8) is 0 Å². The van der Waals surface area contributed by atoms with Crippen LogP contribution in [0.3, 0.4) is 0 Å². The summed E-state index contributed by atoms with van der Waals surface area (Å²) in [5.74, 6) is -12.8. The van der Waals surface area contributed by atoms with Crippen molar-refractivity contribution >= 4 is 0 Å². The number of hydrogen-bond acceptors (Lipinski definition) is 2. The van der Waals surface area contributed by atoms with Gasteiger partial charge in [0.25, 0.3) is 11.2 Å². The van der Waals surface area contributed by atoms with Crippen molar-refractivity contribution in [3.05, 3.63) is 69.3 Å². The lowest BCUT2D eigenvalue weighted by Gasteiger charge is -2.33. The molecule has 0 aliphatic heterocycles. The summed E-state index contributed by atoms with van der Waals surface area (Å²) in [5.41, 5.74) is -20.1. The lowest BCUT2D eigenvalue weighted by molar-refractivity contribution is -0.378. The van der Waals surface area contributed by atoms with Crippen molar-refractivity contribution in [1.29, 1.82) is 0 Å². The SMILES string of the molecule is CCC(C)c1c(F)c(F)c(C(O)(C(F)(F)F)C(F)(F)F)c(F)c1F.CCC(C)c1ccc(C(O)(C(F)(F)F)C(F)(F)F)cc1C(F)(F)F. The van der Waals surface area contributed by atoms with E-state index in [2.05, 4.69) is 0 Å². The molecule has 2 aromatic rings. The van der Waals surface area contributed by atoms with Gasteiger partial charge in [0.1, 0.15) is 0 Å².